The Kier molecular flexibility index (Phi) is 7.62. The number of esters is 1. The maximum atomic E-state index is 10.7. The number of ether oxygens (including phenoxy) is 2. The minimum Gasteiger partial charge on any atom is -0.466 e. The molecule has 0 atom stereocenters. The van der Waals surface area contributed by atoms with Crippen molar-refractivity contribution in [3.8, 4) is 0 Å². The van der Waals surface area contributed by atoms with Gasteiger partial charge in [0.2, 0.25) is 0 Å². The van der Waals surface area contributed by atoms with Gasteiger partial charge in [0.1, 0.15) is 0 Å². The predicted molar refractivity (Wildman–Crippen MR) is 42.8 cm³/mol. The normalized spacial score (nSPS) is 9.64. The molecule has 0 N–H and O–H groups in total. The quantitative estimate of drug-likeness (QED) is 0.350. The fourth-order valence-corrected chi connectivity index (χ4v) is 0.607. The molecule has 0 rings (SSSR count). The van der Waals surface area contributed by atoms with Gasteiger partial charge in [-0.2, -0.15) is 0 Å². The molecule has 0 saturated carbocycles. The van der Waals surface area contributed by atoms with Crippen LogP contribution in [0.1, 0.15) is 12.8 Å². The van der Waals surface area contributed by atoms with E-state index in [2.05, 4.69) is 0 Å². The fourth-order valence-electron chi connectivity index (χ4n) is 0.498. The van der Waals surface area contributed by atoms with E-state index in [-0.39, 0.29) is 5.97 Å². The largest absolute Gasteiger partial charge is 0.466 e. The minimum atomic E-state index is -0.225. The van der Waals surface area contributed by atoms with E-state index in [1.807, 2.05) is 0 Å². The molecular formula is C7H13ClO3. The molecule has 0 unspecified atom stereocenters. The van der Waals surface area contributed by atoms with E-state index in [4.69, 9.17) is 21.1 Å². The van der Waals surface area contributed by atoms with Gasteiger partial charge in [-0.25, -0.2) is 0 Å². The SMILES string of the molecule is COCCC(=O)OCCCCl. The number of carbonyl (C=O) groups is 1. The Morgan fingerprint density at radius 3 is 2.73 bits per heavy atom. The van der Waals surface area contributed by atoms with Crippen LogP contribution in [0.4, 0.5) is 0 Å². The van der Waals surface area contributed by atoms with Crippen LogP contribution in [-0.4, -0.2) is 32.2 Å². The average molecular weight is 181 g/mol. The van der Waals surface area contributed by atoms with Crippen molar-refractivity contribution in [2.24, 2.45) is 0 Å². The zero-order valence-corrected chi connectivity index (χ0v) is 7.39. The molecular weight excluding hydrogens is 168 g/mol. The molecule has 66 valence electrons. The third-order valence-electron chi connectivity index (χ3n) is 1.05. The number of methoxy groups -OCH3 is 1. The first-order valence-electron chi connectivity index (χ1n) is 3.51. The second-order valence-electron chi connectivity index (χ2n) is 2.01. The van der Waals surface area contributed by atoms with E-state index < -0.39 is 0 Å². The van der Waals surface area contributed by atoms with Crippen LogP contribution in [0.5, 0.6) is 0 Å². The first-order valence-corrected chi connectivity index (χ1v) is 4.05. The molecule has 3 nitrogen and oxygen atoms in total. The Balaban J connectivity index is 3.09. The van der Waals surface area contributed by atoms with Crippen molar-refractivity contribution >= 4 is 17.6 Å². The zero-order valence-electron chi connectivity index (χ0n) is 6.64. The highest BCUT2D eigenvalue weighted by molar-refractivity contribution is 6.17. The lowest BCUT2D eigenvalue weighted by atomic mass is 10.4. The highest BCUT2D eigenvalue weighted by Crippen LogP contribution is 1.90. The molecule has 0 heterocycles. The second-order valence-corrected chi connectivity index (χ2v) is 2.38. The highest BCUT2D eigenvalue weighted by atomic mass is 35.5. The van der Waals surface area contributed by atoms with Crippen molar-refractivity contribution in [2.45, 2.75) is 12.8 Å². The Morgan fingerprint density at radius 1 is 1.45 bits per heavy atom. The summed E-state index contributed by atoms with van der Waals surface area (Å²) in [5.74, 6) is 0.300. The van der Waals surface area contributed by atoms with Crippen molar-refractivity contribution < 1.29 is 14.3 Å². The lowest BCUT2D eigenvalue weighted by molar-refractivity contribution is -0.144. The Labute approximate surface area is 71.6 Å². The maximum absolute atomic E-state index is 10.7. The third-order valence-corrected chi connectivity index (χ3v) is 1.32. The molecule has 0 aliphatic rings. The van der Waals surface area contributed by atoms with Gasteiger partial charge < -0.3 is 9.47 Å². The number of rotatable bonds is 6. The summed E-state index contributed by atoms with van der Waals surface area (Å²) in [5, 5.41) is 0. The minimum absolute atomic E-state index is 0.225. The van der Waals surface area contributed by atoms with Gasteiger partial charge >= 0.3 is 5.97 Å². The molecule has 0 bridgehead atoms. The average Bonchev–Trinajstić information content (AvgIpc) is 2.01. The molecule has 0 saturated heterocycles. The number of alkyl halides is 1. The summed E-state index contributed by atoms with van der Waals surface area (Å²) in [5.41, 5.74) is 0. The molecule has 0 aromatic heterocycles. The zero-order chi connectivity index (χ0) is 8.53. The molecule has 0 aliphatic carbocycles. The van der Waals surface area contributed by atoms with Gasteiger partial charge in [-0.05, 0) is 6.42 Å². The first-order chi connectivity index (χ1) is 5.31. The topological polar surface area (TPSA) is 35.5 Å². The molecule has 0 radical (unpaired) electrons. The van der Waals surface area contributed by atoms with Crippen LogP contribution in [0.3, 0.4) is 0 Å². The van der Waals surface area contributed by atoms with E-state index in [1.54, 1.807) is 7.11 Å². The smallest absolute Gasteiger partial charge is 0.308 e. The van der Waals surface area contributed by atoms with Gasteiger partial charge in [0.05, 0.1) is 19.6 Å². The van der Waals surface area contributed by atoms with Crippen molar-refractivity contribution in [3.63, 3.8) is 0 Å². The van der Waals surface area contributed by atoms with Crippen molar-refractivity contribution in [2.75, 3.05) is 26.2 Å². The summed E-state index contributed by atoms with van der Waals surface area (Å²) < 4.78 is 9.47. The van der Waals surface area contributed by atoms with E-state index in [0.717, 1.165) is 0 Å². The summed E-state index contributed by atoms with van der Waals surface area (Å²) in [6.45, 7) is 0.825. The summed E-state index contributed by atoms with van der Waals surface area (Å²) in [6.07, 6.45) is 1.03. The monoisotopic (exact) mass is 180 g/mol. The van der Waals surface area contributed by atoms with Gasteiger partial charge in [0.25, 0.3) is 0 Å². The molecule has 0 fully saturated rings. The van der Waals surface area contributed by atoms with E-state index >= 15 is 0 Å². The van der Waals surface area contributed by atoms with Crippen LogP contribution in [0, 0.1) is 0 Å². The van der Waals surface area contributed by atoms with Crippen molar-refractivity contribution in [3.05, 3.63) is 0 Å². The molecule has 0 aromatic rings. The van der Waals surface area contributed by atoms with Crippen LogP contribution in [-0.2, 0) is 14.3 Å². The maximum Gasteiger partial charge on any atom is 0.308 e. The van der Waals surface area contributed by atoms with Gasteiger partial charge in [0.15, 0.2) is 0 Å². The van der Waals surface area contributed by atoms with Crippen LogP contribution < -0.4 is 0 Å². The molecule has 0 spiro atoms. The number of carbonyl (C=O) groups excluding carboxylic acids is 1. The van der Waals surface area contributed by atoms with Crippen molar-refractivity contribution in [1.29, 1.82) is 0 Å². The second kappa shape index (κ2) is 7.82. The van der Waals surface area contributed by atoms with Gasteiger partial charge in [-0.15, -0.1) is 11.6 Å². The standard InChI is InChI=1S/C7H13ClO3/c1-10-6-3-7(9)11-5-2-4-8/h2-6H2,1H3. The van der Waals surface area contributed by atoms with Gasteiger partial charge in [-0.3, -0.25) is 4.79 Å². The molecule has 0 amide bonds. The summed E-state index contributed by atoms with van der Waals surface area (Å²) in [6, 6.07) is 0. The van der Waals surface area contributed by atoms with Crippen LogP contribution in [0.25, 0.3) is 0 Å². The number of hydrogen-bond donors (Lipinski definition) is 0. The lowest BCUT2D eigenvalue weighted by Gasteiger charge is -2.01. The number of hydrogen-bond acceptors (Lipinski definition) is 3. The van der Waals surface area contributed by atoms with E-state index in [0.29, 0.717) is 31.9 Å². The Hall–Kier alpha value is -0.280. The van der Waals surface area contributed by atoms with Gasteiger partial charge in [0, 0.05) is 13.0 Å². The Bertz CT molecular complexity index is 106. The van der Waals surface area contributed by atoms with Gasteiger partial charge in [-0.1, -0.05) is 0 Å². The lowest BCUT2D eigenvalue weighted by Crippen LogP contribution is -2.08. The first kappa shape index (κ1) is 10.7. The molecule has 11 heavy (non-hydrogen) atoms. The molecule has 0 aliphatic heterocycles. The molecule has 4 heteroatoms. The third kappa shape index (κ3) is 7.62. The highest BCUT2D eigenvalue weighted by Gasteiger charge is 2.00. The summed E-state index contributed by atoms with van der Waals surface area (Å²) >= 11 is 5.37. The van der Waals surface area contributed by atoms with Crippen molar-refractivity contribution in [1.82, 2.24) is 0 Å². The summed E-state index contributed by atoms with van der Waals surface area (Å²) in [4.78, 5) is 10.7. The Morgan fingerprint density at radius 2 is 2.18 bits per heavy atom. The van der Waals surface area contributed by atoms with Crippen LogP contribution in [0.2, 0.25) is 0 Å². The number of halogens is 1. The van der Waals surface area contributed by atoms with Crippen LogP contribution in [0.15, 0.2) is 0 Å². The molecule has 0 aromatic carbocycles. The van der Waals surface area contributed by atoms with E-state index in [1.165, 1.54) is 0 Å². The fraction of sp³-hybridized carbons (Fsp3) is 0.857. The summed E-state index contributed by atoms with van der Waals surface area (Å²) in [7, 11) is 1.55. The van der Waals surface area contributed by atoms with Crippen LogP contribution >= 0.6 is 11.6 Å². The predicted octanol–water partition coefficient (Wildman–Crippen LogP) is 1.20. The van der Waals surface area contributed by atoms with E-state index in [9.17, 15) is 4.79 Å².